The number of fused-ring (bicyclic) bond motifs is 2. The molecule has 5 rings (SSSR count). The predicted octanol–water partition coefficient (Wildman–Crippen LogP) is 4.78. The van der Waals surface area contributed by atoms with Gasteiger partial charge in [-0.1, -0.05) is 27.5 Å². The Morgan fingerprint density at radius 2 is 1.70 bits per heavy atom. The number of carbonyl (C=O) groups is 3. The minimum Gasteiger partial charge on any atom is -0.393 e. The van der Waals surface area contributed by atoms with Crippen molar-refractivity contribution in [1.29, 1.82) is 0 Å². The smallest absolute Gasteiger partial charge is 0.318 e. The van der Waals surface area contributed by atoms with E-state index in [0.29, 0.717) is 51.4 Å². The van der Waals surface area contributed by atoms with Gasteiger partial charge in [0, 0.05) is 58.7 Å². The minimum atomic E-state index is -1.51. The van der Waals surface area contributed by atoms with Crippen LogP contribution in [0.5, 0.6) is 0 Å². The molecule has 0 radical (unpaired) electrons. The van der Waals surface area contributed by atoms with Gasteiger partial charge in [0.15, 0.2) is 0 Å². The van der Waals surface area contributed by atoms with Crippen LogP contribution in [0.15, 0.2) is 33.3 Å². The number of hydrogen-bond donors (Lipinski definition) is 3. The normalized spacial score (nSPS) is 20.9. The van der Waals surface area contributed by atoms with Gasteiger partial charge in [-0.3, -0.25) is 14.6 Å². The molecule has 2 fully saturated rings. The van der Waals surface area contributed by atoms with E-state index in [1.165, 1.54) is 23.6 Å². The molecule has 0 bridgehead atoms. The van der Waals surface area contributed by atoms with Crippen LogP contribution < -0.4 is 11.1 Å². The van der Waals surface area contributed by atoms with Gasteiger partial charge in [-0.2, -0.15) is 0 Å². The third kappa shape index (κ3) is 7.05. The molecule has 2 aromatic rings. The first-order valence-electron chi connectivity index (χ1n) is 14.9. The lowest BCUT2D eigenvalue weighted by Gasteiger charge is -2.38. The molecule has 0 saturated carbocycles. The molecule has 9 nitrogen and oxygen atoms in total. The molecular formula is C31H38Br2ClN5O4. The van der Waals surface area contributed by atoms with E-state index in [9.17, 15) is 19.5 Å². The summed E-state index contributed by atoms with van der Waals surface area (Å²) in [4.78, 5) is 46.2. The minimum absolute atomic E-state index is 0.127. The van der Waals surface area contributed by atoms with Crippen molar-refractivity contribution in [2.24, 2.45) is 17.6 Å². The van der Waals surface area contributed by atoms with Gasteiger partial charge in [-0.15, -0.1) is 0 Å². The molecule has 1 aromatic heterocycles. The molecule has 4 amide bonds. The monoisotopic (exact) mass is 737 g/mol. The zero-order valence-corrected chi connectivity index (χ0v) is 28.2. The van der Waals surface area contributed by atoms with Crippen LogP contribution in [0.4, 0.5) is 4.79 Å². The van der Waals surface area contributed by atoms with Crippen molar-refractivity contribution in [2.45, 2.75) is 63.3 Å². The number of urea groups is 1. The van der Waals surface area contributed by atoms with Gasteiger partial charge in [0.05, 0.1) is 12.3 Å². The molecule has 43 heavy (non-hydrogen) atoms. The van der Waals surface area contributed by atoms with Crippen LogP contribution in [-0.4, -0.2) is 76.1 Å². The number of benzene rings is 1. The number of likely N-dealkylation sites (tertiary alicyclic amines) is 2. The number of rotatable bonds is 6. The maximum absolute atomic E-state index is 13.4. The van der Waals surface area contributed by atoms with Crippen molar-refractivity contribution in [3.8, 4) is 0 Å². The fourth-order valence-electron chi connectivity index (χ4n) is 6.72. The van der Waals surface area contributed by atoms with E-state index in [4.69, 9.17) is 22.3 Å². The van der Waals surface area contributed by atoms with Crippen LogP contribution in [0, 0.1) is 11.8 Å². The summed E-state index contributed by atoms with van der Waals surface area (Å²) in [5.74, 6) is 0.0411. The summed E-state index contributed by atoms with van der Waals surface area (Å²) in [7, 11) is 0. The number of aliphatic hydroxyl groups is 1. The van der Waals surface area contributed by atoms with E-state index in [1.54, 1.807) is 4.90 Å². The lowest BCUT2D eigenvalue weighted by Crippen LogP contribution is -2.61. The van der Waals surface area contributed by atoms with Crippen molar-refractivity contribution in [3.05, 3.63) is 60.7 Å². The Morgan fingerprint density at radius 3 is 2.35 bits per heavy atom. The SMILES string of the molecule is C[C@@](CO)(NC(=O)N1CCC(CC(=O)N2CCC([C@H]3c4ncc(Br)cc4CCc4cc(Cl)cc(Br)c43)CC2)CC1)C(N)=O. The number of amides is 4. The maximum Gasteiger partial charge on any atom is 0.318 e. The van der Waals surface area contributed by atoms with E-state index >= 15 is 0 Å². The zero-order valence-electron chi connectivity index (χ0n) is 24.3. The molecule has 3 aliphatic rings. The Hall–Kier alpha value is -2.21. The number of nitrogens with zero attached hydrogens (tertiary/aromatic N) is 3. The van der Waals surface area contributed by atoms with Gasteiger partial charge in [-0.25, -0.2) is 4.79 Å². The molecule has 4 N–H and O–H groups in total. The Labute approximate surface area is 274 Å². The maximum atomic E-state index is 13.4. The second kappa shape index (κ2) is 13.4. The number of pyridine rings is 1. The van der Waals surface area contributed by atoms with Gasteiger partial charge in [-0.05, 0) is 108 Å². The lowest BCUT2D eigenvalue weighted by molar-refractivity contribution is -0.134. The number of nitrogens with one attached hydrogen (secondary N) is 1. The molecule has 232 valence electrons. The van der Waals surface area contributed by atoms with Crippen molar-refractivity contribution >= 4 is 61.3 Å². The van der Waals surface area contributed by atoms with Crippen LogP contribution in [0.1, 0.15) is 67.3 Å². The molecular weight excluding hydrogens is 702 g/mol. The van der Waals surface area contributed by atoms with Crippen LogP contribution in [-0.2, 0) is 22.4 Å². The molecule has 0 spiro atoms. The Bertz CT molecular complexity index is 1390. The number of primary amides is 1. The van der Waals surface area contributed by atoms with Crippen molar-refractivity contribution in [2.75, 3.05) is 32.8 Å². The van der Waals surface area contributed by atoms with Gasteiger partial charge in [0.25, 0.3) is 0 Å². The molecule has 3 heterocycles. The number of hydrogen-bond acceptors (Lipinski definition) is 5. The Morgan fingerprint density at radius 1 is 1.05 bits per heavy atom. The second-order valence-electron chi connectivity index (χ2n) is 12.3. The fraction of sp³-hybridized carbons (Fsp3) is 0.548. The van der Waals surface area contributed by atoms with Crippen molar-refractivity contribution in [1.82, 2.24) is 20.1 Å². The number of aryl methyl sites for hydroxylation is 2. The van der Waals surface area contributed by atoms with Crippen LogP contribution >= 0.6 is 43.5 Å². The van der Waals surface area contributed by atoms with Crippen molar-refractivity contribution in [3.63, 3.8) is 0 Å². The number of carbonyl (C=O) groups excluding carboxylic acids is 3. The third-order valence-corrected chi connectivity index (χ3v) is 10.7. The third-order valence-electron chi connectivity index (χ3n) is 9.39. The first-order valence-corrected chi connectivity index (χ1v) is 16.8. The molecule has 2 atom stereocenters. The number of aromatic nitrogens is 1. The average Bonchev–Trinajstić information content (AvgIpc) is 3.14. The quantitative estimate of drug-likeness (QED) is 0.393. The second-order valence-corrected chi connectivity index (χ2v) is 14.5. The Kier molecular flexibility index (Phi) is 10.0. The van der Waals surface area contributed by atoms with Crippen LogP contribution in [0.2, 0.25) is 5.02 Å². The van der Waals surface area contributed by atoms with Gasteiger partial charge < -0.3 is 26.0 Å². The molecule has 1 aromatic carbocycles. The summed E-state index contributed by atoms with van der Waals surface area (Å²) in [6, 6.07) is 5.83. The van der Waals surface area contributed by atoms with E-state index in [1.807, 2.05) is 17.2 Å². The summed E-state index contributed by atoms with van der Waals surface area (Å²) in [5, 5.41) is 12.8. The fourth-order valence-corrected chi connectivity index (χ4v) is 8.22. The number of aliphatic hydroxyl groups excluding tert-OH is 1. The summed E-state index contributed by atoms with van der Waals surface area (Å²) in [5.41, 5.74) is 8.74. The van der Waals surface area contributed by atoms with Gasteiger partial charge in [0.2, 0.25) is 11.8 Å². The molecule has 2 aliphatic heterocycles. The lowest BCUT2D eigenvalue weighted by atomic mass is 9.76. The van der Waals surface area contributed by atoms with Crippen LogP contribution in [0.3, 0.4) is 0 Å². The number of nitrogens with two attached hydrogens (primary N) is 1. The van der Waals surface area contributed by atoms with Gasteiger partial charge >= 0.3 is 6.03 Å². The van der Waals surface area contributed by atoms with E-state index in [-0.39, 0.29) is 17.7 Å². The standard InChI is InChI=1S/C31H38Br2ClN5O4/c1-31(17-40,29(35)42)37-30(43)39-8-4-18(5-9-39)12-25(41)38-10-6-19(7-11-38)27-26-20(14-23(34)15-24(26)33)2-3-21-13-22(32)16-36-28(21)27/h13-16,18-19,27,40H,2-12,17H2,1H3,(H2,35,42)(H,37,43)/t27-,31+/m1/s1. The largest absolute Gasteiger partial charge is 0.393 e. The highest BCUT2D eigenvalue weighted by molar-refractivity contribution is 9.10. The molecule has 12 heteroatoms. The van der Waals surface area contributed by atoms with Gasteiger partial charge in [0.1, 0.15) is 5.54 Å². The highest BCUT2D eigenvalue weighted by Crippen LogP contribution is 2.46. The van der Waals surface area contributed by atoms with Crippen LogP contribution in [0.25, 0.3) is 0 Å². The number of piperidine rings is 2. The van der Waals surface area contributed by atoms with E-state index in [0.717, 1.165) is 45.3 Å². The first kappa shape index (κ1) is 32.2. The molecule has 2 saturated heterocycles. The number of halogens is 3. The summed E-state index contributed by atoms with van der Waals surface area (Å²) >= 11 is 13.9. The summed E-state index contributed by atoms with van der Waals surface area (Å²) < 4.78 is 2.00. The van der Waals surface area contributed by atoms with Crippen molar-refractivity contribution < 1.29 is 19.5 Å². The summed E-state index contributed by atoms with van der Waals surface area (Å²) in [6.07, 6.45) is 7.35. The molecule has 1 aliphatic carbocycles. The predicted molar refractivity (Wildman–Crippen MR) is 172 cm³/mol. The zero-order chi connectivity index (χ0) is 30.9. The Balaban J connectivity index is 1.20. The molecule has 0 unspecified atom stereocenters. The first-order chi connectivity index (χ1) is 20.5. The topological polar surface area (TPSA) is 129 Å². The summed E-state index contributed by atoms with van der Waals surface area (Å²) in [6.45, 7) is 3.21. The highest BCUT2D eigenvalue weighted by Gasteiger charge is 2.38. The van der Waals surface area contributed by atoms with E-state index < -0.39 is 24.1 Å². The highest BCUT2D eigenvalue weighted by atomic mass is 79.9. The average molecular weight is 740 g/mol. The van der Waals surface area contributed by atoms with E-state index in [2.05, 4.69) is 49.3 Å².